The zero-order valence-corrected chi connectivity index (χ0v) is 20.2. The van der Waals surface area contributed by atoms with E-state index in [0.29, 0.717) is 12.2 Å². The molecular weight excluding hydrogens is 471 g/mol. The molecule has 0 aliphatic carbocycles. The Bertz CT molecular complexity index is 899. The average Bonchev–Trinajstić information content (AvgIpc) is 3.18. The molecule has 1 aliphatic rings. The lowest BCUT2D eigenvalue weighted by Gasteiger charge is -2.19. The van der Waals surface area contributed by atoms with Crippen LogP contribution in [0.25, 0.3) is 5.76 Å². The summed E-state index contributed by atoms with van der Waals surface area (Å²) in [4.78, 5) is 30.9. The van der Waals surface area contributed by atoms with Crippen LogP contribution in [0.1, 0.15) is 46.2 Å². The van der Waals surface area contributed by atoms with E-state index in [1.54, 1.807) is 13.8 Å². The van der Waals surface area contributed by atoms with Gasteiger partial charge in [0.25, 0.3) is 0 Å². The number of H-pyrrole nitrogens is 1. The second kappa shape index (κ2) is 9.98. The number of carbonyl (C=O) groups excluding carboxylic acids is 1. The topological polar surface area (TPSA) is 103 Å². The second-order valence-electron chi connectivity index (χ2n) is 8.07. The smallest absolute Gasteiger partial charge is 0.332 e. The number of aromatic nitrogens is 1. The third-order valence-corrected chi connectivity index (χ3v) is 7.84. The van der Waals surface area contributed by atoms with E-state index >= 15 is 0 Å². The van der Waals surface area contributed by atoms with Crippen molar-refractivity contribution in [1.82, 2.24) is 4.98 Å². The van der Waals surface area contributed by atoms with Crippen molar-refractivity contribution in [2.45, 2.75) is 46.1 Å². The first-order valence-corrected chi connectivity index (χ1v) is 11.6. The average molecular weight is 496 g/mol. The van der Waals surface area contributed by atoms with Gasteiger partial charge in [-0.3, -0.25) is 9.79 Å². The number of nitrogens with one attached hydrogen (secondary N) is 1. The number of carbonyl (C=O) groups is 2. The van der Waals surface area contributed by atoms with Crippen LogP contribution in [0.5, 0.6) is 0 Å². The molecule has 0 saturated carbocycles. The number of hydrogen-bond acceptors (Lipinski definition) is 5. The molecule has 2 heterocycles. The van der Waals surface area contributed by atoms with Gasteiger partial charge in [0.15, 0.2) is 11.3 Å². The van der Waals surface area contributed by atoms with Crippen LogP contribution in [0, 0.1) is 17.8 Å². The minimum Gasteiger partial charge on any atom is -0.506 e. The molecule has 0 fully saturated rings. The van der Waals surface area contributed by atoms with Crippen LogP contribution < -0.4 is 0 Å². The summed E-state index contributed by atoms with van der Waals surface area (Å²) < 4.78 is 0. The molecule has 2 rings (SSSR count). The van der Waals surface area contributed by atoms with Crippen LogP contribution in [0.15, 0.2) is 11.1 Å². The lowest BCUT2D eigenvalue weighted by atomic mass is 9.87. The molecular formula is C20H25Cl3N2O4S. The van der Waals surface area contributed by atoms with E-state index < -0.39 is 11.5 Å². The van der Waals surface area contributed by atoms with E-state index in [1.165, 1.54) is 11.8 Å². The Morgan fingerprint density at radius 1 is 1.20 bits per heavy atom. The summed E-state index contributed by atoms with van der Waals surface area (Å²) in [6.45, 7) is 7.49. The Balaban J connectivity index is 1.96. The SMILES string of the molecule is C[C@@H](C[C@@H](C)C(=O)/C=C(\O)c1[nH]c(Cl)c(Cl)c1Cl)C[C@@H](C)C1=N[C@@](C)(C(=O)O)CS1. The molecule has 166 valence electrons. The molecule has 30 heavy (non-hydrogen) atoms. The van der Waals surface area contributed by atoms with Crippen molar-refractivity contribution >= 4 is 69.1 Å². The molecule has 0 aromatic carbocycles. The van der Waals surface area contributed by atoms with E-state index in [4.69, 9.17) is 34.8 Å². The zero-order chi connectivity index (χ0) is 22.8. The highest BCUT2D eigenvalue weighted by Gasteiger charge is 2.39. The number of aliphatic carboxylic acids is 1. The van der Waals surface area contributed by atoms with Gasteiger partial charge in [-0.05, 0) is 25.7 Å². The predicted octanol–water partition coefficient (Wildman–Crippen LogP) is 6.12. The van der Waals surface area contributed by atoms with E-state index in [2.05, 4.69) is 9.98 Å². The van der Waals surface area contributed by atoms with Gasteiger partial charge in [0, 0.05) is 23.7 Å². The van der Waals surface area contributed by atoms with Gasteiger partial charge in [-0.1, -0.05) is 55.6 Å². The number of aliphatic hydroxyl groups is 1. The molecule has 4 atom stereocenters. The molecule has 6 nitrogen and oxygen atoms in total. The second-order valence-corrected chi connectivity index (χ2v) is 10.2. The third kappa shape index (κ3) is 5.75. The van der Waals surface area contributed by atoms with Crippen molar-refractivity contribution < 1.29 is 19.8 Å². The number of ketones is 1. The minimum absolute atomic E-state index is 0.0567. The number of nitrogens with zero attached hydrogens (tertiary/aromatic N) is 1. The highest BCUT2D eigenvalue weighted by molar-refractivity contribution is 8.14. The molecule has 1 aromatic rings. The van der Waals surface area contributed by atoms with E-state index in [9.17, 15) is 19.8 Å². The normalized spacial score (nSPS) is 22.5. The van der Waals surface area contributed by atoms with E-state index in [-0.39, 0.29) is 50.2 Å². The fraction of sp³-hybridized carbons (Fsp3) is 0.550. The maximum absolute atomic E-state index is 12.5. The van der Waals surface area contributed by atoms with Crippen molar-refractivity contribution in [1.29, 1.82) is 0 Å². The Labute approximate surface area is 195 Å². The Kier molecular flexibility index (Phi) is 8.36. The highest BCUT2D eigenvalue weighted by Crippen LogP contribution is 2.36. The first kappa shape index (κ1) is 25.1. The lowest BCUT2D eigenvalue weighted by Crippen LogP contribution is -2.33. The molecule has 1 aliphatic heterocycles. The Hall–Kier alpha value is -1.15. The molecule has 0 radical (unpaired) electrons. The number of aliphatic hydroxyl groups excluding tert-OH is 1. The van der Waals surface area contributed by atoms with Crippen molar-refractivity contribution in [3.05, 3.63) is 27.0 Å². The van der Waals surface area contributed by atoms with Gasteiger partial charge in [-0.25, -0.2) is 4.79 Å². The molecule has 1 aromatic heterocycles. The summed E-state index contributed by atoms with van der Waals surface area (Å²) in [6.07, 6.45) is 2.52. The lowest BCUT2D eigenvalue weighted by molar-refractivity contribution is -0.141. The molecule has 3 N–H and O–H groups in total. The van der Waals surface area contributed by atoms with E-state index in [1.807, 2.05) is 13.8 Å². The minimum atomic E-state index is -1.06. The van der Waals surface area contributed by atoms with Crippen molar-refractivity contribution in [3.8, 4) is 0 Å². The maximum atomic E-state index is 12.5. The van der Waals surface area contributed by atoms with Crippen LogP contribution in [0.4, 0.5) is 0 Å². The summed E-state index contributed by atoms with van der Waals surface area (Å²) in [5, 5.41) is 20.6. The maximum Gasteiger partial charge on any atom is 0.332 e. The summed E-state index contributed by atoms with van der Waals surface area (Å²) in [7, 11) is 0. The van der Waals surface area contributed by atoms with Gasteiger partial charge in [-0.2, -0.15) is 0 Å². The number of hydrogen-bond donors (Lipinski definition) is 3. The number of halogens is 3. The van der Waals surface area contributed by atoms with Crippen LogP contribution in [0.2, 0.25) is 15.2 Å². The van der Waals surface area contributed by atoms with Gasteiger partial charge in [0.05, 0.1) is 15.1 Å². The van der Waals surface area contributed by atoms with Crippen LogP contribution in [-0.4, -0.2) is 43.3 Å². The number of carboxylic acids is 1. The Morgan fingerprint density at radius 2 is 1.83 bits per heavy atom. The fourth-order valence-electron chi connectivity index (χ4n) is 3.36. The van der Waals surface area contributed by atoms with Crippen LogP contribution in [-0.2, 0) is 9.59 Å². The molecule has 0 unspecified atom stereocenters. The largest absolute Gasteiger partial charge is 0.506 e. The van der Waals surface area contributed by atoms with Gasteiger partial charge < -0.3 is 15.2 Å². The summed E-state index contributed by atoms with van der Waals surface area (Å²) in [6, 6.07) is 0. The van der Waals surface area contributed by atoms with Crippen molar-refractivity contribution in [2.24, 2.45) is 22.7 Å². The summed E-state index contributed by atoms with van der Waals surface area (Å²) in [5.41, 5.74) is -0.958. The quantitative estimate of drug-likeness (QED) is 0.283. The fourth-order valence-corrected chi connectivity index (χ4v) is 5.24. The van der Waals surface area contributed by atoms with Crippen molar-refractivity contribution in [3.63, 3.8) is 0 Å². The first-order chi connectivity index (χ1) is 13.9. The molecule has 0 bridgehead atoms. The summed E-state index contributed by atoms with van der Waals surface area (Å²) >= 11 is 19.2. The number of thioether (sulfide) groups is 1. The third-order valence-electron chi connectivity index (χ3n) is 5.11. The van der Waals surface area contributed by atoms with Crippen LogP contribution >= 0.6 is 46.6 Å². The molecule has 0 saturated heterocycles. The molecule has 10 heteroatoms. The number of allylic oxidation sites excluding steroid dienone is 1. The summed E-state index contributed by atoms with van der Waals surface area (Å²) in [5.74, 6) is -1.05. The number of aliphatic imine (C=N–C) groups is 1. The Morgan fingerprint density at radius 3 is 2.33 bits per heavy atom. The van der Waals surface area contributed by atoms with Gasteiger partial charge in [0.1, 0.15) is 16.6 Å². The predicted molar refractivity (Wildman–Crippen MR) is 124 cm³/mol. The zero-order valence-electron chi connectivity index (χ0n) is 17.1. The number of aromatic amines is 1. The van der Waals surface area contributed by atoms with Gasteiger partial charge in [0.2, 0.25) is 0 Å². The number of carboxylic acid groups (broad SMARTS) is 1. The van der Waals surface area contributed by atoms with Crippen molar-refractivity contribution in [2.75, 3.05) is 5.75 Å². The first-order valence-electron chi connectivity index (χ1n) is 9.49. The standard InChI is InChI=1S/C20H25Cl3N2O4S/c1-9(6-11(3)18-25-20(4,8-30-18)19(28)29)5-10(2)12(26)7-13(27)16-14(21)15(22)17(23)24-16/h7,9-11,24,27H,5-6,8H2,1-4H3,(H,28,29)/b13-7-/t9-,10+,11+,20+/m0/s1. The van der Waals surface area contributed by atoms with Crippen LogP contribution in [0.3, 0.4) is 0 Å². The monoisotopic (exact) mass is 494 g/mol. The van der Waals surface area contributed by atoms with Gasteiger partial charge in [-0.15, -0.1) is 11.8 Å². The number of rotatable bonds is 9. The van der Waals surface area contributed by atoms with Gasteiger partial charge >= 0.3 is 5.97 Å². The molecule has 0 amide bonds. The molecule has 0 spiro atoms. The highest BCUT2D eigenvalue weighted by atomic mass is 35.5. The van der Waals surface area contributed by atoms with E-state index in [0.717, 1.165) is 17.5 Å².